The summed E-state index contributed by atoms with van der Waals surface area (Å²) in [6, 6.07) is 7.40. The van der Waals surface area contributed by atoms with Crippen molar-refractivity contribution in [2.75, 3.05) is 6.79 Å². The normalized spacial score (nSPS) is 18.4. The van der Waals surface area contributed by atoms with Crippen LogP contribution in [0.4, 0.5) is 0 Å². The Morgan fingerprint density at radius 1 is 1.08 bits per heavy atom. The lowest BCUT2D eigenvalue weighted by atomic mass is 9.98. The number of hydrogen-bond acceptors (Lipinski definition) is 6. The highest BCUT2D eigenvalue weighted by atomic mass is 79.9. The first-order valence-electron chi connectivity index (χ1n) is 7.16. The maximum Gasteiger partial charge on any atom is 0.231 e. The van der Waals surface area contributed by atoms with Gasteiger partial charge in [0.15, 0.2) is 11.5 Å². The van der Waals surface area contributed by atoms with Crippen molar-refractivity contribution in [3.8, 4) is 23.0 Å². The van der Waals surface area contributed by atoms with Gasteiger partial charge in [0.05, 0.1) is 16.2 Å². The van der Waals surface area contributed by atoms with Gasteiger partial charge in [0.25, 0.3) is 0 Å². The van der Waals surface area contributed by atoms with Crippen LogP contribution in [0.3, 0.4) is 0 Å². The van der Waals surface area contributed by atoms with Gasteiger partial charge in [-0.1, -0.05) is 6.07 Å². The molecule has 2 aromatic rings. The largest absolute Gasteiger partial charge is 0.506 e. The molecule has 2 aromatic carbocycles. The second-order valence-electron chi connectivity index (χ2n) is 5.47. The fourth-order valence-corrected chi connectivity index (χ4v) is 3.87. The van der Waals surface area contributed by atoms with E-state index in [0.29, 0.717) is 22.2 Å². The average Bonchev–Trinajstić information content (AvgIpc) is 3.24. The molecule has 0 amide bonds. The lowest BCUT2D eigenvalue weighted by Gasteiger charge is -2.12. The van der Waals surface area contributed by atoms with E-state index in [9.17, 15) is 10.2 Å². The molecule has 0 spiro atoms. The summed E-state index contributed by atoms with van der Waals surface area (Å²) in [6.45, 7) is 0.238. The molecule has 0 radical (unpaired) electrons. The van der Waals surface area contributed by atoms with E-state index in [1.54, 1.807) is 6.07 Å². The van der Waals surface area contributed by atoms with E-state index < -0.39 is 0 Å². The zero-order chi connectivity index (χ0) is 16.8. The number of nitrogens with zero attached hydrogens (tertiary/aromatic N) is 1. The molecule has 2 aliphatic heterocycles. The molecule has 124 valence electrons. The molecule has 0 aliphatic carbocycles. The molecule has 0 bridgehead atoms. The van der Waals surface area contributed by atoms with Gasteiger partial charge in [-0.25, -0.2) is 0 Å². The van der Waals surface area contributed by atoms with Gasteiger partial charge in [0.1, 0.15) is 16.0 Å². The second kappa shape index (κ2) is 5.86. The smallest absolute Gasteiger partial charge is 0.231 e. The summed E-state index contributed by atoms with van der Waals surface area (Å²) < 4.78 is 11.4. The highest BCUT2D eigenvalue weighted by Crippen LogP contribution is 2.43. The van der Waals surface area contributed by atoms with Gasteiger partial charge in [-0.3, -0.25) is 0 Å². The Balaban J connectivity index is 1.61. The van der Waals surface area contributed by atoms with Crippen molar-refractivity contribution >= 4 is 37.6 Å². The van der Waals surface area contributed by atoms with Gasteiger partial charge in [-0.15, -0.1) is 0 Å². The molecule has 0 aromatic heterocycles. The summed E-state index contributed by atoms with van der Waals surface area (Å²) >= 11 is 6.46. The predicted molar refractivity (Wildman–Crippen MR) is 94.8 cm³/mol. The molecule has 1 atom stereocenters. The van der Waals surface area contributed by atoms with Gasteiger partial charge in [-0.05, 0) is 55.6 Å². The van der Waals surface area contributed by atoms with Crippen LogP contribution in [-0.4, -0.2) is 22.7 Å². The summed E-state index contributed by atoms with van der Waals surface area (Å²) in [4.78, 5) is 0. The van der Waals surface area contributed by atoms with Crippen molar-refractivity contribution in [1.82, 2.24) is 5.43 Å². The van der Waals surface area contributed by atoms with Crippen molar-refractivity contribution in [2.24, 2.45) is 5.10 Å². The number of phenols is 2. The van der Waals surface area contributed by atoms with Crippen molar-refractivity contribution in [3.05, 3.63) is 44.3 Å². The van der Waals surface area contributed by atoms with Gasteiger partial charge in [0, 0.05) is 12.0 Å². The van der Waals surface area contributed by atoms with Crippen LogP contribution in [0.25, 0.3) is 0 Å². The number of halogens is 2. The lowest BCUT2D eigenvalue weighted by molar-refractivity contribution is 0.174. The Morgan fingerprint density at radius 2 is 1.88 bits per heavy atom. The minimum Gasteiger partial charge on any atom is -0.506 e. The molecular weight excluding hydrogens is 444 g/mol. The molecule has 3 N–H and O–H groups in total. The fourth-order valence-electron chi connectivity index (χ4n) is 2.75. The molecule has 8 heteroatoms. The highest BCUT2D eigenvalue weighted by molar-refractivity contribution is 9.11. The first-order chi connectivity index (χ1) is 11.5. The van der Waals surface area contributed by atoms with E-state index in [2.05, 4.69) is 42.4 Å². The summed E-state index contributed by atoms with van der Waals surface area (Å²) in [7, 11) is 0. The van der Waals surface area contributed by atoms with Crippen LogP contribution >= 0.6 is 31.9 Å². The lowest BCUT2D eigenvalue weighted by Crippen LogP contribution is -2.09. The Morgan fingerprint density at radius 3 is 2.71 bits per heavy atom. The minimum atomic E-state index is -0.0462. The van der Waals surface area contributed by atoms with Crippen molar-refractivity contribution in [2.45, 2.75) is 12.5 Å². The number of hydrogen-bond donors (Lipinski definition) is 3. The van der Waals surface area contributed by atoms with Crippen molar-refractivity contribution in [1.29, 1.82) is 0 Å². The zero-order valence-corrected chi connectivity index (χ0v) is 15.4. The second-order valence-corrected chi connectivity index (χ2v) is 7.12. The molecule has 4 rings (SSSR count). The maximum atomic E-state index is 10.3. The average molecular weight is 456 g/mol. The predicted octanol–water partition coefficient (Wildman–Crippen LogP) is 3.79. The summed E-state index contributed by atoms with van der Waals surface area (Å²) in [5, 5.41) is 24.5. The van der Waals surface area contributed by atoms with Crippen LogP contribution in [-0.2, 0) is 0 Å². The van der Waals surface area contributed by atoms with Crippen LogP contribution in [0.15, 0.2) is 38.3 Å². The number of aromatic hydroxyl groups is 2. The molecule has 6 nitrogen and oxygen atoms in total. The van der Waals surface area contributed by atoms with Gasteiger partial charge in [0.2, 0.25) is 6.79 Å². The number of hydrazone groups is 1. The number of phenolic OH excluding ortho intramolecular Hbond substituents is 2. The molecule has 1 unspecified atom stereocenters. The molecule has 0 saturated heterocycles. The van der Waals surface area contributed by atoms with E-state index in [1.165, 1.54) is 0 Å². The Labute approximate surface area is 154 Å². The van der Waals surface area contributed by atoms with E-state index >= 15 is 0 Å². The van der Waals surface area contributed by atoms with Gasteiger partial charge < -0.3 is 25.1 Å². The summed E-state index contributed by atoms with van der Waals surface area (Å²) in [6.07, 6.45) is 0.594. The number of rotatable bonds is 2. The first kappa shape index (κ1) is 15.6. The van der Waals surface area contributed by atoms with Crippen LogP contribution < -0.4 is 14.9 Å². The molecular formula is C16H12Br2N2O4. The van der Waals surface area contributed by atoms with Gasteiger partial charge >= 0.3 is 0 Å². The van der Waals surface area contributed by atoms with E-state index in [0.717, 1.165) is 17.1 Å². The zero-order valence-electron chi connectivity index (χ0n) is 12.2. The number of ether oxygens (including phenoxy) is 2. The van der Waals surface area contributed by atoms with Crippen LogP contribution in [0, 0.1) is 0 Å². The maximum absolute atomic E-state index is 10.3. The van der Waals surface area contributed by atoms with Crippen LogP contribution in [0.5, 0.6) is 23.0 Å². The third-order valence-corrected chi connectivity index (χ3v) is 5.39. The molecule has 0 saturated carbocycles. The Hall–Kier alpha value is -1.93. The number of benzene rings is 2. The molecule has 2 aliphatic rings. The standard InChI is InChI=1S/C16H12Br2N2O4/c17-9-4-8(15(21)14(18)16(9)22)11-5-10(19-20-11)7-1-2-12-13(3-7)24-6-23-12/h1-4,10,19,21-22H,5-6H2. The fraction of sp³-hybridized carbons (Fsp3) is 0.188. The molecule has 0 fully saturated rings. The van der Waals surface area contributed by atoms with Crippen molar-refractivity contribution < 1.29 is 19.7 Å². The van der Waals surface area contributed by atoms with E-state index in [-0.39, 0.29) is 28.8 Å². The minimum absolute atomic E-state index is 0.0275. The van der Waals surface area contributed by atoms with Gasteiger partial charge in [-0.2, -0.15) is 5.10 Å². The SMILES string of the molecule is Oc1c(Br)cc(C2=NNC(c3ccc4c(c3)OCO4)C2)c(O)c1Br. The summed E-state index contributed by atoms with van der Waals surface area (Å²) in [5.41, 5.74) is 5.37. The van der Waals surface area contributed by atoms with Crippen LogP contribution in [0.1, 0.15) is 23.6 Å². The number of nitrogens with one attached hydrogen (secondary N) is 1. The van der Waals surface area contributed by atoms with E-state index in [4.69, 9.17) is 9.47 Å². The highest BCUT2D eigenvalue weighted by Gasteiger charge is 2.27. The van der Waals surface area contributed by atoms with Crippen LogP contribution in [0.2, 0.25) is 0 Å². The Kier molecular flexibility index (Phi) is 3.80. The molecule has 24 heavy (non-hydrogen) atoms. The quantitative estimate of drug-likeness (QED) is 0.641. The number of fused-ring (bicyclic) bond motifs is 1. The summed E-state index contributed by atoms with van der Waals surface area (Å²) in [5.74, 6) is 1.38. The Bertz CT molecular complexity index is 870. The third-order valence-electron chi connectivity index (χ3n) is 4.03. The first-order valence-corrected chi connectivity index (χ1v) is 8.75. The van der Waals surface area contributed by atoms with Crippen molar-refractivity contribution in [3.63, 3.8) is 0 Å². The molecule has 2 heterocycles. The van der Waals surface area contributed by atoms with E-state index in [1.807, 2.05) is 18.2 Å². The topological polar surface area (TPSA) is 83.3 Å². The third kappa shape index (κ3) is 2.50. The monoisotopic (exact) mass is 454 g/mol.